The van der Waals surface area contributed by atoms with Crippen LogP contribution in [0.2, 0.25) is 0 Å². The van der Waals surface area contributed by atoms with Crippen LogP contribution >= 0.6 is 0 Å². The summed E-state index contributed by atoms with van der Waals surface area (Å²) in [5, 5.41) is 9.08. The number of nitrogens with zero attached hydrogens (tertiary/aromatic N) is 2. The number of hydrogen-bond donors (Lipinski definition) is 0. The second kappa shape index (κ2) is 6.36. The molecule has 0 N–H and O–H groups in total. The zero-order chi connectivity index (χ0) is 13.8. The number of nitriles is 1. The molecule has 0 saturated carbocycles. The van der Waals surface area contributed by atoms with E-state index in [-0.39, 0.29) is 18.1 Å². The number of carbonyl (C=O) groups excluding carboxylic acids is 1. The third-order valence-electron chi connectivity index (χ3n) is 3.96. The highest BCUT2D eigenvalue weighted by atomic mass is 16.7. The highest BCUT2D eigenvalue weighted by Gasteiger charge is 2.34. The minimum atomic E-state index is -0.518. The van der Waals surface area contributed by atoms with Gasteiger partial charge in [-0.15, -0.1) is 0 Å². The zero-order valence-electron chi connectivity index (χ0n) is 11.7. The maximum Gasteiger partial charge on any atom is 0.240 e. The van der Waals surface area contributed by atoms with Crippen LogP contribution in [-0.4, -0.2) is 43.4 Å². The van der Waals surface area contributed by atoms with Crippen molar-refractivity contribution in [3.8, 4) is 6.07 Å². The van der Waals surface area contributed by atoms with Crippen molar-refractivity contribution in [1.29, 1.82) is 5.26 Å². The lowest BCUT2D eigenvalue weighted by molar-refractivity contribution is -0.140. The number of carbonyl (C=O) groups is 1. The molecule has 0 aromatic heterocycles. The van der Waals surface area contributed by atoms with Gasteiger partial charge < -0.3 is 14.4 Å². The Morgan fingerprint density at radius 3 is 2.32 bits per heavy atom. The molecule has 0 aliphatic carbocycles. The minimum Gasteiger partial charge on any atom is -0.350 e. The molecule has 2 aliphatic rings. The number of amides is 1. The van der Waals surface area contributed by atoms with Crippen LogP contribution in [-0.2, 0) is 14.3 Å². The Morgan fingerprint density at radius 1 is 1.26 bits per heavy atom. The maximum absolute atomic E-state index is 12.2. The number of likely N-dealkylation sites (tertiary alicyclic amines) is 1. The number of hydrogen-bond acceptors (Lipinski definition) is 4. The number of ether oxygens (including phenoxy) is 2. The Labute approximate surface area is 114 Å². The molecule has 2 saturated heterocycles. The molecule has 0 spiro atoms. The lowest BCUT2D eigenvalue weighted by Crippen LogP contribution is -2.44. The van der Waals surface area contributed by atoms with E-state index in [1.165, 1.54) is 0 Å². The summed E-state index contributed by atoms with van der Waals surface area (Å²) in [6.07, 6.45) is 1.70. The van der Waals surface area contributed by atoms with Gasteiger partial charge in [-0.25, -0.2) is 0 Å². The van der Waals surface area contributed by atoms with Gasteiger partial charge in [0.25, 0.3) is 0 Å². The van der Waals surface area contributed by atoms with Crippen molar-refractivity contribution in [3.63, 3.8) is 0 Å². The second-order valence-electron chi connectivity index (χ2n) is 5.62. The van der Waals surface area contributed by atoms with Crippen LogP contribution in [0.4, 0.5) is 0 Å². The quantitative estimate of drug-likeness (QED) is 0.774. The Balaban J connectivity index is 1.85. The van der Waals surface area contributed by atoms with Crippen LogP contribution in [0, 0.1) is 29.1 Å². The van der Waals surface area contributed by atoms with Gasteiger partial charge in [-0.05, 0) is 18.8 Å². The molecule has 2 fully saturated rings. The fraction of sp³-hybridized carbons (Fsp3) is 0.857. The molecule has 5 nitrogen and oxygen atoms in total. The van der Waals surface area contributed by atoms with Gasteiger partial charge in [0.05, 0.1) is 19.3 Å². The van der Waals surface area contributed by atoms with Crippen molar-refractivity contribution in [1.82, 2.24) is 4.90 Å². The van der Waals surface area contributed by atoms with E-state index < -0.39 is 5.92 Å². The summed E-state index contributed by atoms with van der Waals surface area (Å²) < 4.78 is 11.0. The number of piperidine rings is 1. The Kier molecular flexibility index (Phi) is 4.78. The lowest BCUT2D eigenvalue weighted by Gasteiger charge is -2.35. The van der Waals surface area contributed by atoms with E-state index in [4.69, 9.17) is 14.7 Å². The SMILES string of the molecule is CC(C)[C@H](C#N)C(=O)N1CCC(C2OCCO2)CC1. The summed E-state index contributed by atoms with van der Waals surface area (Å²) in [6.45, 7) is 6.59. The Morgan fingerprint density at radius 2 is 1.84 bits per heavy atom. The normalized spacial score (nSPS) is 23.6. The Bertz CT molecular complexity index is 350. The van der Waals surface area contributed by atoms with Gasteiger partial charge in [0.1, 0.15) is 5.92 Å². The standard InChI is InChI=1S/C14H22N2O3/c1-10(2)12(9-15)13(17)16-5-3-11(4-6-16)14-18-7-8-19-14/h10-12,14H,3-8H2,1-2H3/t12-/m0/s1. The smallest absolute Gasteiger partial charge is 0.240 e. The molecule has 2 rings (SSSR count). The van der Waals surface area contributed by atoms with Gasteiger partial charge in [0, 0.05) is 19.0 Å². The first-order valence-electron chi connectivity index (χ1n) is 7.05. The second-order valence-corrected chi connectivity index (χ2v) is 5.62. The monoisotopic (exact) mass is 266 g/mol. The van der Waals surface area contributed by atoms with Crippen LogP contribution in [0.15, 0.2) is 0 Å². The van der Waals surface area contributed by atoms with Crippen molar-refractivity contribution in [3.05, 3.63) is 0 Å². The summed E-state index contributed by atoms with van der Waals surface area (Å²) in [5.74, 6) is -0.0948. The molecule has 1 atom stereocenters. The molecule has 1 amide bonds. The molecule has 2 heterocycles. The third kappa shape index (κ3) is 3.26. The topological polar surface area (TPSA) is 62.6 Å². The fourth-order valence-corrected chi connectivity index (χ4v) is 2.73. The van der Waals surface area contributed by atoms with Crippen LogP contribution in [0.3, 0.4) is 0 Å². The summed E-state index contributed by atoms with van der Waals surface area (Å²) in [6, 6.07) is 2.12. The summed E-state index contributed by atoms with van der Waals surface area (Å²) in [4.78, 5) is 14.1. The van der Waals surface area contributed by atoms with E-state index >= 15 is 0 Å². The van der Waals surface area contributed by atoms with Crippen molar-refractivity contribution in [2.45, 2.75) is 33.0 Å². The van der Waals surface area contributed by atoms with Crippen molar-refractivity contribution in [2.24, 2.45) is 17.8 Å². The van der Waals surface area contributed by atoms with E-state index in [0.29, 0.717) is 32.2 Å². The average Bonchev–Trinajstić information content (AvgIpc) is 2.93. The fourth-order valence-electron chi connectivity index (χ4n) is 2.73. The van der Waals surface area contributed by atoms with Crippen molar-refractivity contribution >= 4 is 5.91 Å². The molecule has 19 heavy (non-hydrogen) atoms. The zero-order valence-corrected chi connectivity index (χ0v) is 11.7. The maximum atomic E-state index is 12.2. The molecule has 0 aromatic carbocycles. The largest absolute Gasteiger partial charge is 0.350 e. The van der Waals surface area contributed by atoms with Crippen molar-refractivity contribution in [2.75, 3.05) is 26.3 Å². The predicted molar refractivity (Wildman–Crippen MR) is 68.9 cm³/mol. The van der Waals surface area contributed by atoms with Crippen LogP contribution in [0.25, 0.3) is 0 Å². The first kappa shape index (κ1) is 14.3. The third-order valence-corrected chi connectivity index (χ3v) is 3.96. The van der Waals surface area contributed by atoms with Gasteiger partial charge >= 0.3 is 0 Å². The molecule has 5 heteroatoms. The van der Waals surface area contributed by atoms with E-state index in [0.717, 1.165) is 12.8 Å². The molecule has 2 aliphatic heterocycles. The predicted octanol–water partition coefficient (Wildman–Crippen LogP) is 1.39. The van der Waals surface area contributed by atoms with Crippen LogP contribution < -0.4 is 0 Å². The molecule has 0 bridgehead atoms. The van der Waals surface area contributed by atoms with E-state index in [1.807, 2.05) is 18.7 Å². The summed E-state index contributed by atoms with van der Waals surface area (Å²) >= 11 is 0. The van der Waals surface area contributed by atoms with Crippen LogP contribution in [0.5, 0.6) is 0 Å². The molecule has 0 radical (unpaired) electrons. The highest BCUT2D eigenvalue weighted by Crippen LogP contribution is 2.27. The molecule has 0 aromatic rings. The van der Waals surface area contributed by atoms with E-state index in [2.05, 4.69) is 6.07 Å². The van der Waals surface area contributed by atoms with Gasteiger partial charge in [-0.3, -0.25) is 4.79 Å². The highest BCUT2D eigenvalue weighted by molar-refractivity contribution is 5.81. The first-order chi connectivity index (χ1) is 9.13. The lowest BCUT2D eigenvalue weighted by atomic mass is 9.92. The van der Waals surface area contributed by atoms with E-state index in [1.54, 1.807) is 0 Å². The molecule has 106 valence electrons. The summed E-state index contributed by atoms with van der Waals surface area (Å²) in [5.41, 5.74) is 0. The molecule has 0 unspecified atom stereocenters. The van der Waals surface area contributed by atoms with Gasteiger partial charge in [-0.1, -0.05) is 13.8 Å². The Hall–Kier alpha value is -1.12. The first-order valence-corrected chi connectivity index (χ1v) is 7.05. The average molecular weight is 266 g/mol. The van der Waals surface area contributed by atoms with Crippen molar-refractivity contribution < 1.29 is 14.3 Å². The van der Waals surface area contributed by atoms with Gasteiger partial charge in [0.2, 0.25) is 5.91 Å². The van der Waals surface area contributed by atoms with Crippen LogP contribution in [0.1, 0.15) is 26.7 Å². The molecular weight excluding hydrogens is 244 g/mol. The summed E-state index contributed by atoms with van der Waals surface area (Å²) in [7, 11) is 0. The van der Waals surface area contributed by atoms with Gasteiger partial charge in [0.15, 0.2) is 6.29 Å². The van der Waals surface area contributed by atoms with Gasteiger partial charge in [-0.2, -0.15) is 5.26 Å². The van der Waals surface area contributed by atoms with E-state index in [9.17, 15) is 4.79 Å². The minimum absolute atomic E-state index is 0.0239. The molecular formula is C14H22N2O3. The number of rotatable bonds is 3.